The van der Waals surface area contributed by atoms with Crippen molar-refractivity contribution in [3.63, 3.8) is 0 Å². The summed E-state index contributed by atoms with van der Waals surface area (Å²) in [5, 5.41) is 2.74. The number of amides is 1. The molecule has 0 aliphatic carbocycles. The normalized spacial score (nSPS) is 30.7. The Morgan fingerprint density at radius 2 is 2.05 bits per heavy atom. The zero-order valence-corrected chi connectivity index (χ0v) is 12.2. The minimum Gasteiger partial charge on any atom is -0.355 e. The zero-order valence-electron chi connectivity index (χ0n) is 11.4. The van der Waals surface area contributed by atoms with Gasteiger partial charge in [0.1, 0.15) is 6.04 Å². The van der Waals surface area contributed by atoms with Gasteiger partial charge in [-0.05, 0) is 38.0 Å². The van der Waals surface area contributed by atoms with E-state index in [-0.39, 0.29) is 5.91 Å². The van der Waals surface area contributed by atoms with Gasteiger partial charge in [0.2, 0.25) is 5.91 Å². The fourth-order valence-electron chi connectivity index (χ4n) is 2.67. The zero-order chi connectivity index (χ0) is 13.9. The largest absolute Gasteiger partial charge is 0.355 e. The summed E-state index contributed by atoms with van der Waals surface area (Å²) in [7, 11) is -3.54. The fourth-order valence-corrected chi connectivity index (χ4v) is 4.22. The van der Waals surface area contributed by atoms with E-state index in [0.29, 0.717) is 32.0 Å². The van der Waals surface area contributed by atoms with Gasteiger partial charge in [-0.1, -0.05) is 6.92 Å². The van der Waals surface area contributed by atoms with Gasteiger partial charge in [-0.25, -0.2) is 0 Å². The molecule has 2 fully saturated rings. The Morgan fingerprint density at radius 1 is 1.26 bits per heavy atom. The fraction of sp³-hybridized carbons (Fsp3) is 0.917. The van der Waals surface area contributed by atoms with Crippen molar-refractivity contribution in [2.24, 2.45) is 5.92 Å². The van der Waals surface area contributed by atoms with Crippen LogP contribution in [-0.2, 0) is 15.0 Å². The van der Waals surface area contributed by atoms with E-state index >= 15 is 0 Å². The van der Waals surface area contributed by atoms with Crippen LogP contribution >= 0.6 is 0 Å². The van der Waals surface area contributed by atoms with Crippen molar-refractivity contribution in [3.8, 4) is 0 Å². The lowest BCUT2D eigenvalue weighted by Gasteiger charge is -2.31. The Morgan fingerprint density at radius 3 is 2.79 bits per heavy atom. The van der Waals surface area contributed by atoms with Gasteiger partial charge in [-0.2, -0.15) is 17.4 Å². The summed E-state index contributed by atoms with van der Waals surface area (Å²) >= 11 is 0. The van der Waals surface area contributed by atoms with E-state index in [2.05, 4.69) is 17.0 Å². The minimum absolute atomic E-state index is 0.203. The quantitative estimate of drug-likeness (QED) is 0.780. The molecule has 0 aromatic carbocycles. The van der Waals surface area contributed by atoms with Crippen LogP contribution in [0.15, 0.2) is 0 Å². The molecule has 2 rings (SSSR count). The number of nitrogens with one attached hydrogen (secondary N) is 2. The van der Waals surface area contributed by atoms with Crippen molar-refractivity contribution in [2.75, 3.05) is 19.6 Å². The van der Waals surface area contributed by atoms with Crippen molar-refractivity contribution >= 4 is 16.1 Å². The number of carbonyl (C=O) groups excluding carboxylic acids is 1. The Hall–Kier alpha value is -0.660. The highest BCUT2D eigenvalue weighted by Gasteiger charge is 2.31. The van der Waals surface area contributed by atoms with E-state index < -0.39 is 16.3 Å². The molecular formula is C12H23N3O3S. The second kappa shape index (κ2) is 6.19. The second-order valence-electron chi connectivity index (χ2n) is 5.57. The van der Waals surface area contributed by atoms with E-state index in [1.807, 2.05) is 0 Å². The lowest BCUT2D eigenvalue weighted by molar-refractivity contribution is -0.122. The highest BCUT2D eigenvalue weighted by Crippen LogP contribution is 2.18. The molecule has 2 atom stereocenters. The van der Waals surface area contributed by atoms with Gasteiger partial charge >= 0.3 is 0 Å². The van der Waals surface area contributed by atoms with Gasteiger partial charge in [0.25, 0.3) is 10.2 Å². The number of piperidine rings is 1. The Balaban J connectivity index is 2.01. The van der Waals surface area contributed by atoms with Gasteiger partial charge in [0.05, 0.1) is 0 Å². The van der Waals surface area contributed by atoms with Gasteiger partial charge in [0, 0.05) is 19.6 Å². The smallest absolute Gasteiger partial charge is 0.280 e. The predicted octanol–water partition coefficient (Wildman–Crippen LogP) is 0.221. The summed E-state index contributed by atoms with van der Waals surface area (Å²) in [5.74, 6) is 0.180. The molecule has 7 heteroatoms. The molecule has 0 bridgehead atoms. The Bertz CT molecular complexity index is 424. The number of hydrogen-bond donors (Lipinski definition) is 2. The molecule has 0 radical (unpaired) electrons. The number of nitrogens with zero attached hydrogens (tertiary/aromatic N) is 1. The standard InChI is InChI=1S/C12H23N3O3S/c1-10-5-4-8-15(9-10)19(17,18)14-11-6-2-3-7-13-12(11)16/h10-11,14H,2-9H2,1H3,(H,13,16)/t10-,11-/m0/s1. The van der Waals surface area contributed by atoms with Crippen LogP contribution < -0.4 is 10.0 Å². The van der Waals surface area contributed by atoms with Gasteiger partial charge in [-0.3, -0.25) is 4.79 Å². The van der Waals surface area contributed by atoms with Gasteiger partial charge < -0.3 is 5.32 Å². The summed E-state index contributed by atoms with van der Waals surface area (Å²) in [6.45, 7) is 3.79. The maximum atomic E-state index is 12.3. The third-order valence-corrected chi connectivity index (χ3v) is 5.38. The molecule has 2 aliphatic heterocycles. The highest BCUT2D eigenvalue weighted by molar-refractivity contribution is 7.87. The topological polar surface area (TPSA) is 78.5 Å². The summed E-state index contributed by atoms with van der Waals surface area (Å²) < 4.78 is 28.6. The van der Waals surface area contributed by atoms with E-state index in [4.69, 9.17) is 0 Å². The van der Waals surface area contributed by atoms with Crippen LogP contribution in [-0.4, -0.2) is 44.3 Å². The van der Waals surface area contributed by atoms with Crippen molar-refractivity contribution in [1.82, 2.24) is 14.3 Å². The maximum Gasteiger partial charge on any atom is 0.280 e. The summed E-state index contributed by atoms with van der Waals surface area (Å²) in [5.41, 5.74) is 0. The summed E-state index contributed by atoms with van der Waals surface area (Å²) in [4.78, 5) is 11.8. The molecule has 0 unspecified atom stereocenters. The highest BCUT2D eigenvalue weighted by atomic mass is 32.2. The van der Waals surface area contributed by atoms with E-state index in [1.165, 1.54) is 4.31 Å². The lowest BCUT2D eigenvalue weighted by Crippen LogP contribution is -2.52. The van der Waals surface area contributed by atoms with Crippen molar-refractivity contribution in [3.05, 3.63) is 0 Å². The lowest BCUT2D eigenvalue weighted by atomic mass is 10.0. The Kier molecular flexibility index (Phi) is 4.81. The SMILES string of the molecule is C[C@H]1CCCN(S(=O)(=O)N[C@H]2CCCCNC2=O)C1. The molecule has 0 saturated carbocycles. The van der Waals surface area contributed by atoms with Gasteiger partial charge in [0.15, 0.2) is 0 Å². The van der Waals surface area contributed by atoms with Gasteiger partial charge in [-0.15, -0.1) is 0 Å². The average molecular weight is 289 g/mol. The first-order valence-corrected chi connectivity index (χ1v) is 8.48. The molecular weight excluding hydrogens is 266 g/mol. The first-order chi connectivity index (χ1) is 8.99. The molecule has 2 N–H and O–H groups in total. The molecule has 2 aliphatic rings. The van der Waals surface area contributed by atoms with Crippen LogP contribution in [0.5, 0.6) is 0 Å². The molecule has 0 aromatic heterocycles. The Labute approximate surface area is 115 Å². The monoisotopic (exact) mass is 289 g/mol. The van der Waals surface area contributed by atoms with Crippen molar-refractivity contribution < 1.29 is 13.2 Å². The number of hydrogen-bond acceptors (Lipinski definition) is 3. The minimum atomic E-state index is -3.54. The van der Waals surface area contributed by atoms with Crippen molar-refractivity contribution in [2.45, 2.75) is 45.1 Å². The molecule has 110 valence electrons. The van der Waals surface area contributed by atoms with Crippen molar-refractivity contribution in [1.29, 1.82) is 0 Å². The van der Waals surface area contributed by atoms with Crippen LogP contribution in [0.2, 0.25) is 0 Å². The number of carbonyl (C=O) groups is 1. The second-order valence-corrected chi connectivity index (χ2v) is 7.27. The summed E-state index contributed by atoms with van der Waals surface area (Å²) in [6, 6.07) is -0.621. The molecule has 2 saturated heterocycles. The molecule has 1 amide bonds. The molecule has 0 spiro atoms. The third-order valence-electron chi connectivity index (χ3n) is 3.79. The average Bonchev–Trinajstić information content (AvgIpc) is 2.55. The van der Waals surface area contributed by atoms with Crippen LogP contribution in [0.25, 0.3) is 0 Å². The van der Waals surface area contributed by atoms with Crippen LogP contribution in [0, 0.1) is 5.92 Å². The first-order valence-electron chi connectivity index (χ1n) is 7.04. The van der Waals surface area contributed by atoms with Crippen LogP contribution in [0.3, 0.4) is 0 Å². The predicted molar refractivity (Wildman–Crippen MR) is 72.7 cm³/mol. The van der Waals surface area contributed by atoms with Crippen LogP contribution in [0.1, 0.15) is 39.0 Å². The van der Waals surface area contributed by atoms with E-state index in [0.717, 1.165) is 25.7 Å². The number of rotatable bonds is 3. The van der Waals surface area contributed by atoms with E-state index in [9.17, 15) is 13.2 Å². The third kappa shape index (κ3) is 3.90. The maximum absolute atomic E-state index is 12.3. The summed E-state index contributed by atoms with van der Waals surface area (Å²) in [6.07, 6.45) is 4.30. The molecule has 19 heavy (non-hydrogen) atoms. The molecule has 0 aromatic rings. The first kappa shape index (κ1) is 14.7. The van der Waals surface area contributed by atoms with Crippen LogP contribution in [0.4, 0.5) is 0 Å². The van der Waals surface area contributed by atoms with E-state index in [1.54, 1.807) is 0 Å². The molecule has 6 nitrogen and oxygen atoms in total. The molecule has 2 heterocycles.